The summed E-state index contributed by atoms with van der Waals surface area (Å²) < 4.78 is 4.95. The van der Waals surface area contributed by atoms with Crippen LogP contribution in [-0.4, -0.2) is 12.6 Å². The molecule has 72 valence electrons. The van der Waals surface area contributed by atoms with Gasteiger partial charge in [-0.05, 0) is 20.0 Å². The van der Waals surface area contributed by atoms with Crippen molar-refractivity contribution in [3.8, 4) is 0 Å². The molecule has 1 N–H and O–H groups in total. The third kappa shape index (κ3) is 2.11. The number of dihydropyridines is 1. The summed E-state index contributed by atoms with van der Waals surface area (Å²) in [6, 6.07) is 0. The van der Waals surface area contributed by atoms with E-state index in [0.717, 1.165) is 11.3 Å². The van der Waals surface area contributed by atoms with Gasteiger partial charge in [-0.15, -0.1) is 0 Å². The van der Waals surface area contributed by atoms with Crippen LogP contribution < -0.4 is 5.32 Å². The van der Waals surface area contributed by atoms with E-state index in [4.69, 9.17) is 4.74 Å². The second kappa shape index (κ2) is 4.12. The van der Waals surface area contributed by atoms with Crippen LogP contribution in [0.5, 0.6) is 0 Å². The van der Waals surface area contributed by atoms with Gasteiger partial charge in [0, 0.05) is 11.6 Å². The molecule has 1 unspecified atom stereocenters. The van der Waals surface area contributed by atoms with Gasteiger partial charge < -0.3 is 10.1 Å². The number of ether oxygens (including phenoxy) is 1. The van der Waals surface area contributed by atoms with Crippen molar-refractivity contribution in [1.29, 1.82) is 0 Å². The number of hydrogen-bond acceptors (Lipinski definition) is 3. The number of nitrogens with one attached hydrogen (secondary N) is 1. The van der Waals surface area contributed by atoms with Crippen molar-refractivity contribution in [2.24, 2.45) is 5.92 Å². The number of allylic oxidation sites excluding steroid dienone is 2. The lowest BCUT2D eigenvalue weighted by Gasteiger charge is -2.19. The van der Waals surface area contributed by atoms with E-state index in [0.29, 0.717) is 6.61 Å². The summed E-state index contributed by atoms with van der Waals surface area (Å²) in [4.78, 5) is 11.5. The van der Waals surface area contributed by atoms with Crippen LogP contribution >= 0.6 is 0 Å². The van der Waals surface area contributed by atoms with E-state index < -0.39 is 0 Å². The van der Waals surface area contributed by atoms with Gasteiger partial charge >= 0.3 is 5.97 Å². The molecule has 0 saturated heterocycles. The molecule has 0 aromatic carbocycles. The fraction of sp³-hybridized carbons (Fsp3) is 0.500. The number of hydrogen-bond donors (Lipinski definition) is 1. The summed E-state index contributed by atoms with van der Waals surface area (Å²) in [5.74, 6) is -0.0790. The van der Waals surface area contributed by atoms with Gasteiger partial charge in [-0.2, -0.15) is 0 Å². The largest absolute Gasteiger partial charge is 0.463 e. The van der Waals surface area contributed by atoms with E-state index in [1.54, 1.807) is 0 Å². The van der Waals surface area contributed by atoms with E-state index in [1.165, 1.54) is 0 Å². The van der Waals surface area contributed by atoms with E-state index >= 15 is 0 Å². The molecule has 0 aromatic heterocycles. The molecule has 0 aromatic rings. The number of carbonyl (C=O) groups excluding carboxylic acids is 1. The lowest BCUT2D eigenvalue weighted by molar-refractivity contribution is -0.139. The average molecular weight is 181 g/mol. The minimum Gasteiger partial charge on any atom is -0.463 e. The fourth-order valence-corrected chi connectivity index (χ4v) is 1.38. The zero-order chi connectivity index (χ0) is 9.84. The maximum atomic E-state index is 11.5. The summed E-state index contributed by atoms with van der Waals surface area (Å²) in [5.41, 5.74) is 1.61. The minimum absolute atomic E-state index is 0.139. The first-order valence-corrected chi connectivity index (χ1v) is 4.48. The molecular weight excluding hydrogens is 166 g/mol. The molecule has 1 aliphatic rings. The van der Waals surface area contributed by atoms with E-state index in [1.807, 2.05) is 33.0 Å². The summed E-state index contributed by atoms with van der Waals surface area (Å²) >= 11 is 0. The molecule has 0 fully saturated rings. The molecular formula is C10H15NO2. The molecule has 1 atom stereocenters. The molecule has 1 heterocycles. The molecule has 0 bridgehead atoms. The van der Waals surface area contributed by atoms with Crippen LogP contribution in [0.15, 0.2) is 23.5 Å². The first kappa shape index (κ1) is 9.84. The van der Waals surface area contributed by atoms with E-state index in [9.17, 15) is 4.79 Å². The third-order valence-corrected chi connectivity index (χ3v) is 2.04. The minimum atomic E-state index is -0.218. The van der Waals surface area contributed by atoms with Crippen LogP contribution in [0.2, 0.25) is 0 Å². The summed E-state index contributed by atoms with van der Waals surface area (Å²) in [7, 11) is 0. The Hall–Kier alpha value is -1.25. The van der Waals surface area contributed by atoms with Crippen LogP contribution in [0.25, 0.3) is 0 Å². The molecule has 0 amide bonds. The monoisotopic (exact) mass is 181 g/mol. The van der Waals surface area contributed by atoms with Gasteiger partial charge in [0.2, 0.25) is 0 Å². The molecule has 0 aliphatic carbocycles. The molecule has 13 heavy (non-hydrogen) atoms. The maximum absolute atomic E-state index is 11.5. The second-order valence-electron chi connectivity index (χ2n) is 3.05. The quantitative estimate of drug-likeness (QED) is 0.657. The van der Waals surface area contributed by atoms with Gasteiger partial charge in [-0.25, -0.2) is 4.79 Å². The van der Waals surface area contributed by atoms with Crippen molar-refractivity contribution in [1.82, 2.24) is 5.32 Å². The first-order valence-electron chi connectivity index (χ1n) is 4.48. The molecule has 0 radical (unpaired) electrons. The van der Waals surface area contributed by atoms with Crippen LogP contribution in [0.1, 0.15) is 20.8 Å². The highest BCUT2D eigenvalue weighted by Crippen LogP contribution is 2.20. The predicted molar refractivity (Wildman–Crippen MR) is 50.8 cm³/mol. The van der Waals surface area contributed by atoms with Crippen molar-refractivity contribution in [3.63, 3.8) is 0 Å². The molecule has 1 aliphatic heterocycles. The Morgan fingerprint density at radius 2 is 2.38 bits per heavy atom. The van der Waals surface area contributed by atoms with Gasteiger partial charge in [-0.1, -0.05) is 13.0 Å². The summed E-state index contributed by atoms with van der Waals surface area (Å²) in [5, 5.41) is 3.00. The van der Waals surface area contributed by atoms with Gasteiger partial charge in [0.15, 0.2) is 0 Å². The molecule has 1 rings (SSSR count). The smallest absolute Gasteiger partial charge is 0.336 e. The normalized spacial score (nSPS) is 21.3. The van der Waals surface area contributed by atoms with Gasteiger partial charge in [0.25, 0.3) is 0 Å². The van der Waals surface area contributed by atoms with Crippen molar-refractivity contribution >= 4 is 5.97 Å². The number of esters is 1. The fourth-order valence-electron chi connectivity index (χ4n) is 1.38. The molecule has 3 heteroatoms. The van der Waals surface area contributed by atoms with E-state index in [-0.39, 0.29) is 11.9 Å². The van der Waals surface area contributed by atoms with Gasteiger partial charge in [0.05, 0.1) is 12.2 Å². The highest BCUT2D eigenvalue weighted by atomic mass is 16.5. The Bertz CT molecular complexity index is 266. The third-order valence-electron chi connectivity index (χ3n) is 2.04. The van der Waals surface area contributed by atoms with Gasteiger partial charge in [0.1, 0.15) is 0 Å². The van der Waals surface area contributed by atoms with Crippen LogP contribution in [0.4, 0.5) is 0 Å². The van der Waals surface area contributed by atoms with Crippen LogP contribution in [-0.2, 0) is 9.53 Å². The molecule has 3 nitrogen and oxygen atoms in total. The topological polar surface area (TPSA) is 38.3 Å². The van der Waals surface area contributed by atoms with Crippen molar-refractivity contribution < 1.29 is 9.53 Å². The highest BCUT2D eigenvalue weighted by Gasteiger charge is 2.21. The standard InChI is InChI=1S/C10H15NO2/c1-4-13-10(12)9-7(2)5-6-11-8(9)3/h5-7,11H,4H2,1-3H3. The second-order valence-corrected chi connectivity index (χ2v) is 3.05. The predicted octanol–water partition coefficient (Wildman–Crippen LogP) is 1.58. The van der Waals surface area contributed by atoms with Crippen molar-refractivity contribution in [3.05, 3.63) is 23.5 Å². The summed E-state index contributed by atoms with van der Waals surface area (Å²) in [6.07, 6.45) is 3.79. The molecule has 0 saturated carbocycles. The maximum Gasteiger partial charge on any atom is 0.336 e. The highest BCUT2D eigenvalue weighted by molar-refractivity contribution is 5.90. The van der Waals surface area contributed by atoms with Crippen LogP contribution in [0.3, 0.4) is 0 Å². The van der Waals surface area contributed by atoms with Crippen LogP contribution in [0, 0.1) is 5.92 Å². The Morgan fingerprint density at radius 3 is 2.92 bits per heavy atom. The van der Waals surface area contributed by atoms with Gasteiger partial charge in [-0.3, -0.25) is 0 Å². The number of rotatable bonds is 2. The van der Waals surface area contributed by atoms with Crippen molar-refractivity contribution in [2.45, 2.75) is 20.8 Å². The summed E-state index contributed by atoms with van der Waals surface area (Å²) in [6.45, 7) is 6.09. The number of carbonyl (C=O) groups is 1. The lowest BCUT2D eigenvalue weighted by atomic mass is 9.97. The van der Waals surface area contributed by atoms with E-state index in [2.05, 4.69) is 5.32 Å². The Labute approximate surface area is 78.5 Å². The SMILES string of the molecule is CCOC(=O)C1=C(C)NC=CC1C. The molecule has 0 spiro atoms. The zero-order valence-corrected chi connectivity index (χ0v) is 8.26. The first-order chi connectivity index (χ1) is 6.16. The Balaban J connectivity index is 2.81. The zero-order valence-electron chi connectivity index (χ0n) is 8.26. The Morgan fingerprint density at radius 1 is 1.69 bits per heavy atom. The Kier molecular flexibility index (Phi) is 3.12. The lowest BCUT2D eigenvalue weighted by Crippen LogP contribution is -2.22. The van der Waals surface area contributed by atoms with Crippen molar-refractivity contribution in [2.75, 3.05) is 6.61 Å². The average Bonchev–Trinajstić information content (AvgIpc) is 2.04.